The van der Waals surface area contributed by atoms with E-state index in [1.807, 2.05) is 32.8 Å². The number of amides is 2. The van der Waals surface area contributed by atoms with E-state index in [1.165, 1.54) is 23.9 Å². The summed E-state index contributed by atoms with van der Waals surface area (Å²) in [7, 11) is 3.24. The average Bonchev–Trinajstić information content (AvgIpc) is 3.45. The van der Waals surface area contributed by atoms with Crippen molar-refractivity contribution in [3.05, 3.63) is 36.3 Å². The highest BCUT2D eigenvalue weighted by atomic mass is 32.2. The number of ether oxygens (including phenoxy) is 2. The number of aromatic nitrogens is 2. The van der Waals surface area contributed by atoms with Crippen molar-refractivity contribution in [2.24, 2.45) is 13.0 Å². The molecule has 1 aromatic heterocycles. The number of nitrogens with zero attached hydrogens (tertiary/aromatic N) is 5. The molecule has 0 spiro atoms. The fraction of sp³-hybridized carbons (Fsp3) is 0.656. The molecule has 2 amide bonds. The SMILES string of the molecule is C[C@@H]1CCCCO[C@@H](CN(C)S(=O)(=O)c2cn(C)cn2)[C@@H](C)CN([C@H](C)CO)C(=O)c2cc(NC(=O)CCCN(C)C)ccc2O1. The molecule has 2 N–H and O–H groups in total. The molecule has 1 aliphatic rings. The summed E-state index contributed by atoms with van der Waals surface area (Å²) in [6.45, 7) is 6.74. The predicted octanol–water partition coefficient (Wildman–Crippen LogP) is 2.82. The molecule has 4 atom stereocenters. The van der Waals surface area contributed by atoms with Crippen molar-refractivity contribution < 1.29 is 32.6 Å². The number of sulfonamides is 1. The molecule has 1 aliphatic heterocycles. The van der Waals surface area contributed by atoms with Gasteiger partial charge in [0.25, 0.3) is 15.9 Å². The van der Waals surface area contributed by atoms with Gasteiger partial charge in [-0.2, -0.15) is 4.31 Å². The molecular formula is C32H52N6O7S. The molecule has 13 nitrogen and oxygen atoms in total. The second-order valence-corrected chi connectivity index (χ2v) is 14.6. The lowest BCUT2D eigenvalue weighted by Crippen LogP contribution is -2.48. The third-order valence-electron chi connectivity index (χ3n) is 8.14. The third kappa shape index (κ3) is 10.5. The minimum atomic E-state index is -3.87. The number of fused-ring (bicyclic) bond motifs is 1. The number of benzene rings is 1. The Kier molecular flexibility index (Phi) is 14.0. The van der Waals surface area contributed by atoms with Crippen molar-refractivity contribution in [1.82, 2.24) is 23.7 Å². The van der Waals surface area contributed by atoms with Gasteiger partial charge in [0.1, 0.15) is 5.75 Å². The second kappa shape index (κ2) is 17.2. The number of likely N-dealkylation sites (N-methyl/N-ethyl adjacent to an activating group) is 1. The van der Waals surface area contributed by atoms with Crippen LogP contribution in [0.2, 0.25) is 0 Å². The van der Waals surface area contributed by atoms with Crippen molar-refractivity contribution in [2.75, 3.05) is 59.3 Å². The van der Waals surface area contributed by atoms with Gasteiger partial charge in [-0.15, -0.1) is 0 Å². The van der Waals surface area contributed by atoms with Crippen molar-refractivity contribution >= 4 is 27.5 Å². The number of anilines is 1. The molecule has 0 radical (unpaired) electrons. The molecule has 258 valence electrons. The van der Waals surface area contributed by atoms with Gasteiger partial charge in [0.05, 0.1) is 36.7 Å². The van der Waals surface area contributed by atoms with E-state index < -0.39 is 22.2 Å². The van der Waals surface area contributed by atoms with Gasteiger partial charge in [-0.05, 0) is 78.4 Å². The molecule has 0 saturated heterocycles. The summed E-state index contributed by atoms with van der Waals surface area (Å²) in [6, 6.07) is 4.51. The molecule has 0 bridgehead atoms. The summed E-state index contributed by atoms with van der Waals surface area (Å²) >= 11 is 0. The first kappa shape index (κ1) is 37.4. The smallest absolute Gasteiger partial charge is 0.261 e. The zero-order valence-electron chi connectivity index (χ0n) is 28.3. The summed E-state index contributed by atoms with van der Waals surface area (Å²) in [6.07, 6.45) is 5.45. The molecule has 0 aliphatic carbocycles. The molecule has 0 unspecified atom stereocenters. The third-order valence-corrected chi connectivity index (χ3v) is 9.85. The Morgan fingerprint density at radius 1 is 1.22 bits per heavy atom. The van der Waals surface area contributed by atoms with Crippen LogP contribution in [-0.2, 0) is 26.6 Å². The number of aliphatic hydroxyl groups excluding tert-OH is 1. The number of hydrogen-bond acceptors (Lipinski definition) is 9. The number of rotatable bonds is 11. The molecule has 0 saturated carbocycles. The predicted molar refractivity (Wildman–Crippen MR) is 176 cm³/mol. The standard InChI is InChI=1S/C32H52N6O7S/c1-23-18-38(24(2)21-39)32(41)27-17-26(34-30(40)12-10-15-35(4)5)13-14-28(27)45-25(3)11-8-9-16-44-29(23)19-37(7)46(42,43)31-20-36(6)22-33-31/h13-14,17,20,22-25,29,39H,8-12,15-16,18-19,21H2,1-7H3,(H,34,40)/t23-,24+,25+,29-/m0/s1. The topological polar surface area (TPSA) is 147 Å². The van der Waals surface area contributed by atoms with Crippen LogP contribution in [0.25, 0.3) is 0 Å². The van der Waals surface area contributed by atoms with E-state index in [2.05, 4.69) is 10.3 Å². The Labute approximate surface area is 273 Å². The molecule has 0 fully saturated rings. The van der Waals surface area contributed by atoms with Crippen LogP contribution in [0.3, 0.4) is 0 Å². The maximum Gasteiger partial charge on any atom is 0.261 e. The monoisotopic (exact) mass is 664 g/mol. The van der Waals surface area contributed by atoms with Crippen LogP contribution >= 0.6 is 0 Å². The van der Waals surface area contributed by atoms with E-state index in [0.717, 1.165) is 19.4 Å². The molecule has 1 aromatic carbocycles. The van der Waals surface area contributed by atoms with Crippen LogP contribution in [0, 0.1) is 5.92 Å². The lowest BCUT2D eigenvalue weighted by Gasteiger charge is -2.35. The minimum absolute atomic E-state index is 0.0513. The van der Waals surface area contributed by atoms with E-state index in [4.69, 9.17) is 9.47 Å². The largest absolute Gasteiger partial charge is 0.490 e. The zero-order valence-corrected chi connectivity index (χ0v) is 29.1. The summed E-state index contributed by atoms with van der Waals surface area (Å²) in [5.41, 5.74) is 0.751. The van der Waals surface area contributed by atoms with E-state index in [1.54, 1.807) is 41.6 Å². The number of nitrogens with one attached hydrogen (secondary N) is 1. The average molecular weight is 665 g/mol. The lowest BCUT2D eigenvalue weighted by molar-refractivity contribution is -0.116. The van der Waals surface area contributed by atoms with Crippen LogP contribution in [0.4, 0.5) is 5.69 Å². The highest BCUT2D eigenvalue weighted by Crippen LogP contribution is 2.29. The van der Waals surface area contributed by atoms with Gasteiger partial charge >= 0.3 is 0 Å². The van der Waals surface area contributed by atoms with E-state index in [-0.39, 0.29) is 54.1 Å². The van der Waals surface area contributed by atoms with Crippen LogP contribution in [0.15, 0.2) is 35.7 Å². The molecule has 2 aromatic rings. The number of aliphatic hydroxyl groups is 1. The Balaban J connectivity index is 1.92. The quantitative estimate of drug-likeness (QED) is 0.370. The molecule has 14 heteroatoms. The van der Waals surface area contributed by atoms with Gasteiger partial charge in [-0.25, -0.2) is 13.4 Å². The van der Waals surface area contributed by atoms with Crippen molar-refractivity contribution in [3.8, 4) is 5.75 Å². The Morgan fingerprint density at radius 2 is 1.96 bits per heavy atom. The summed E-state index contributed by atoms with van der Waals surface area (Å²) in [4.78, 5) is 34.6. The fourth-order valence-corrected chi connectivity index (χ4v) is 6.42. The Bertz CT molecular complexity index is 1400. The summed E-state index contributed by atoms with van der Waals surface area (Å²) in [5, 5.41) is 13.0. The summed E-state index contributed by atoms with van der Waals surface area (Å²) < 4.78 is 41.9. The first-order valence-electron chi connectivity index (χ1n) is 16.0. The first-order valence-corrected chi connectivity index (χ1v) is 17.4. The lowest BCUT2D eigenvalue weighted by atomic mass is 10.0. The highest BCUT2D eigenvalue weighted by Gasteiger charge is 2.33. The number of carbonyl (C=O) groups excluding carboxylic acids is 2. The van der Waals surface area contributed by atoms with E-state index >= 15 is 0 Å². The minimum Gasteiger partial charge on any atom is -0.490 e. The maximum absolute atomic E-state index is 14.3. The first-order chi connectivity index (χ1) is 21.7. The normalized spacial score (nSPS) is 21.0. The van der Waals surface area contributed by atoms with E-state index in [0.29, 0.717) is 37.3 Å². The van der Waals surface area contributed by atoms with Crippen LogP contribution < -0.4 is 10.1 Å². The van der Waals surface area contributed by atoms with Gasteiger partial charge in [-0.1, -0.05) is 6.92 Å². The Hall–Kier alpha value is -3.04. The molecule has 46 heavy (non-hydrogen) atoms. The van der Waals surface area contributed by atoms with Crippen molar-refractivity contribution in [3.63, 3.8) is 0 Å². The van der Waals surface area contributed by atoms with Crippen LogP contribution in [0.5, 0.6) is 5.75 Å². The number of imidazole rings is 1. The van der Waals surface area contributed by atoms with Gasteiger partial charge in [-0.3, -0.25) is 9.59 Å². The molecule has 2 heterocycles. The molecule has 3 rings (SSSR count). The summed E-state index contributed by atoms with van der Waals surface area (Å²) in [5.74, 6) is -0.435. The van der Waals surface area contributed by atoms with Crippen molar-refractivity contribution in [1.29, 1.82) is 0 Å². The van der Waals surface area contributed by atoms with Gasteiger partial charge in [0.15, 0.2) is 5.03 Å². The molecular weight excluding hydrogens is 612 g/mol. The highest BCUT2D eigenvalue weighted by molar-refractivity contribution is 7.89. The van der Waals surface area contributed by atoms with Gasteiger partial charge in [0.2, 0.25) is 5.91 Å². The second-order valence-electron chi connectivity index (χ2n) is 12.6. The van der Waals surface area contributed by atoms with Crippen LogP contribution in [-0.4, -0.2) is 121 Å². The van der Waals surface area contributed by atoms with Gasteiger partial charge in [0, 0.05) is 58.0 Å². The maximum atomic E-state index is 14.3. The number of carbonyl (C=O) groups is 2. The van der Waals surface area contributed by atoms with Crippen LogP contribution in [0.1, 0.15) is 63.2 Å². The van der Waals surface area contributed by atoms with E-state index in [9.17, 15) is 23.1 Å². The number of aryl methyl sites for hydroxylation is 1. The Morgan fingerprint density at radius 3 is 2.61 bits per heavy atom. The zero-order chi connectivity index (χ0) is 34.0. The fourth-order valence-electron chi connectivity index (χ4n) is 5.28. The van der Waals surface area contributed by atoms with Gasteiger partial charge < -0.3 is 34.3 Å². The van der Waals surface area contributed by atoms with Crippen molar-refractivity contribution in [2.45, 2.75) is 76.2 Å². The number of hydrogen-bond donors (Lipinski definition) is 2.